The molecule has 1 aromatic heterocycles. The van der Waals surface area contributed by atoms with Crippen LogP contribution in [0.4, 0.5) is 0 Å². The van der Waals surface area contributed by atoms with Gasteiger partial charge in [0.2, 0.25) is 0 Å². The Bertz CT molecular complexity index is 705. The molecule has 0 bridgehead atoms. The van der Waals surface area contributed by atoms with E-state index >= 15 is 0 Å². The third kappa shape index (κ3) is 2.81. The lowest BCUT2D eigenvalue weighted by atomic mass is 9.98. The van der Waals surface area contributed by atoms with Crippen LogP contribution >= 0.6 is 0 Å². The smallest absolute Gasteiger partial charge is 0.0568 e. The van der Waals surface area contributed by atoms with Crippen LogP contribution in [0.15, 0.2) is 30.6 Å². The van der Waals surface area contributed by atoms with Crippen LogP contribution in [-0.2, 0) is 13.6 Å². The lowest BCUT2D eigenvalue weighted by Gasteiger charge is -2.20. The number of hydrogen-bond acceptors (Lipinski definition) is 3. The molecule has 3 unspecified atom stereocenters. The molecular weight excluding hydrogens is 284 g/mol. The normalized spacial score (nSPS) is 27.5. The van der Waals surface area contributed by atoms with E-state index in [4.69, 9.17) is 5.73 Å². The fourth-order valence-electron chi connectivity index (χ4n) is 4.43. The number of fused-ring (bicyclic) bond motifs is 1. The Morgan fingerprint density at radius 3 is 2.87 bits per heavy atom. The van der Waals surface area contributed by atoms with E-state index in [1.807, 2.05) is 17.9 Å². The van der Waals surface area contributed by atoms with Gasteiger partial charge in [-0.25, -0.2) is 0 Å². The van der Waals surface area contributed by atoms with Crippen molar-refractivity contribution < 1.29 is 0 Å². The summed E-state index contributed by atoms with van der Waals surface area (Å²) in [5, 5.41) is 4.34. The van der Waals surface area contributed by atoms with Crippen LogP contribution in [-0.4, -0.2) is 33.8 Å². The number of aryl methyl sites for hydroxylation is 2. The minimum atomic E-state index is 0.417. The zero-order valence-corrected chi connectivity index (χ0v) is 14.1. The molecule has 2 aliphatic rings. The molecule has 0 radical (unpaired) electrons. The molecule has 4 heteroatoms. The van der Waals surface area contributed by atoms with Gasteiger partial charge in [0.05, 0.1) is 6.20 Å². The molecule has 3 atom stereocenters. The van der Waals surface area contributed by atoms with Gasteiger partial charge < -0.3 is 5.73 Å². The van der Waals surface area contributed by atoms with Gasteiger partial charge >= 0.3 is 0 Å². The first kappa shape index (κ1) is 14.9. The van der Waals surface area contributed by atoms with E-state index in [9.17, 15) is 0 Å². The Morgan fingerprint density at radius 1 is 1.26 bits per heavy atom. The van der Waals surface area contributed by atoms with E-state index in [-0.39, 0.29) is 0 Å². The second-order valence-corrected chi connectivity index (χ2v) is 7.42. The van der Waals surface area contributed by atoms with Crippen LogP contribution in [0.5, 0.6) is 0 Å². The van der Waals surface area contributed by atoms with Gasteiger partial charge in [-0.1, -0.05) is 23.8 Å². The van der Waals surface area contributed by atoms with Crippen LogP contribution in [0.1, 0.15) is 24.0 Å². The Balaban J connectivity index is 1.58. The zero-order chi connectivity index (χ0) is 16.0. The van der Waals surface area contributed by atoms with Gasteiger partial charge in [0.1, 0.15) is 0 Å². The van der Waals surface area contributed by atoms with Crippen molar-refractivity contribution in [1.29, 1.82) is 0 Å². The third-order valence-corrected chi connectivity index (χ3v) is 5.66. The summed E-state index contributed by atoms with van der Waals surface area (Å²) >= 11 is 0. The van der Waals surface area contributed by atoms with Gasteiger partial charge in [0.25, 0.3) is 0 Å². The molecular formula is C19H26N4. The average molecular weight is 310 g/mol. The number of rotatable bonds is 3. The minimum Gasteiger partial charge on any atom is -0.327 e. The van der Waals surface area contributed by atoms with Crippen molar-refractivity contribution in [2.75, 3.05) is 13.1 Å². The maximum absolute atomic E-state index is 6.28. The first-order valence-electron chi connectivity index (χ1n) is 8.66. The van der Waals surface area contributed by atoms with E-state index in [0.29, 0.717) is 12.0 Å². The Kier molecular flexibility index (Phi) is 3.74. The highest BCUT2D eigenvalue weighted by Gasteiger charge is 2.40. The topological polar surface area (TPSA) is 47.1 Å². The average Bonchev–Trinajstić information content (AvgIpc) is 3.20. The molecule has 2 aromatic rings. The predicted molar refractivity (Wildman–Crippen MR) is 92.8 cm³/mol. The van der Waals surface area contributed by atoms with Gasteiger partial charge in [-0.2, -0.15) is 5.10 Å². The quantitative estimate of drug-likeness (QED) is 0.948. The van der Waals surface area contributed by atoms with Crippen LogP contribution in [0, 0.1) is 18.8 Å². The van der Waals surface area contributed by atoms with Crippen molar-refractivity contribution in [3.05, 3.63) is 41.7 Å². The molecule has 1 saturated heterocycles. The molecule has 1 aliphatic heterocycles. The van der Waals surface area contributed by atoms with Crippen LogP contribution in [0.3, 0.4) is 0 Å². The number of likely N-dealkylation sites (tertiary alicyclic amines) is 1. The summed E-state index contributed by atoms with van der Waals surface area (Å²) in [4.78, 5) is 2.60. The highest BCUT2D eigenvalue weighted by molar-refractivity contribution is 5.66. The SMILES string of the molecule is Cc1ccc(CN2CC3CCC(N)C3C2)c(-c2cnn(C)c2)c1. The lowest BCUT2D eigenvalue weighted by Crippen LogP contribution is -2.30. The molecule has 122 valence electrons. The maximum Gasteiger partial charge on any atom is 0.0568 e. The van der Waals surface area contributed by atoms with Gasteiger partial charge in [0, 0.05) is 44.5 Å². The Labute approximate surface area is 138 Å². The van der Waals surface area contributed by atoms with E-state index in [1.165, 1.54) is 41.6 Å². The molecule has 0 spiro atoms. The van der Waals surface area contributed by atoms with E-state index < -0.39 is 0 Å². The largest absolute Gasteiger partial charge is 0.327 e. The lowest BCUT2D eigenvalue weighted by molar-refractivity contribution is 0.298. The van der Waals surface area contributed by atoms with Crippen molar-refractivity contribution in [2.45, 2.75) is 32.4 Å². The van der Waals surface area contributed by atoms with Gasteiger partial charge in [-0.05, 0) is 42.7 Å². The van der Waals surface area contributed by atoms with E-state index in [0.717, 1.165) is 19.0 Å². The number of nitrogens with zero attached hydrogens (tertiary/aromatic N) is 3. The monoisotopic (exact) mass is 310 g/mol. The van der Waals surface area contributed by atoms with Crippen molar-refractivity contribution in [1.82, 2.24) is 14.7 Å². The molecule has 2 fully saturated rings. The molecule has 1 aromatic carbocycles. The fraction of sp³-hybridized carbons (Fsp3) is 0.526. The molecule has 2 heterocycles. The second-order valence-electron chi connectivity index (χ2n) is 7.42. The maximum atomic E-state index is 6.28. The van der Waals surface area contributed by atoms with Gasteiger partial charge in [-0.15, -0.1) is 0 Å². The summed E-state index contributed by atoms with van der Waals surface area (Å²) in [5.74, 6) is 1.53. The molecule has 4 rings (SSSR count). The van der Waals surface area contributed by atoms with E-state index in [2.05, 4.69) is 41.3 Å². The Hall–Kier alpha value is -1.65. The first-order chi connectivity index (χ1) is 11.1. The number of benzene rings is 1. The molecule has 0 amide bonds. The molecule has 4 nitrogen and oxygen atoms in total. The molecule has 1 aliphatic carbocycles. The summed E-state index contributed by atoms with van der Waals surface area (Å²) in [6.07, 6.45) is 6.60. The van der Waals surface area contributed by atoms with Gasteiger partial charge in [-0.3, -0.25) is 9.58 Å². The number of hydrogen-bond donors (Lipinski definition) is 1. The van der Waals surface area contributed by atoms with Crippen molar-refractivity contribution in [2.24, 2.45) is 24.6 Å². The first-order valence-corrected chi connectivity index (χ1v) is 8.66. The third-order valence-electron chi connectivity index (χ3n) is 5.66. The van der Waals surface area contributed by atoms with E-state index in [1.54, 1.807) is 0 Å². The summed E-state index contributed by atoms with van der Waals surface area (Å²) in [5.41, 5.74) is 11.5. The molecule has 1 saturated carbocycles. The van der Waals surface area contributed by atoms with Crippen LogP contribution in [0.25, 0.3) is 11.1 Å². The summed E-state index contributed by atoms with van der Waals surface area (Å²) in [6, 6.07) is 7.21. The minimum absolute atomic E-state index is 0.417. The number of aromatic nitrogens is 2. The van der Waals surface area contributed by atoms with Crippen molar-refractivity contribution >= 4 is 0 Å². The fourth-order valence-corrected chi connectivity index (χ4v) is 4.43. The van der Waals surface area contributed by atoms with Gasteiger partial charge in [0.15, 0.2) is 0 Å². The zero-order valence-electron chi connectivity index (χ0n) is 14.1. The highest BCUT2D eigenvalue weighted by Crippen LogP contribution is 2.38. The molecule has 2 N–H and O–H groups in total. The van der Waals surface area contributed by atoms with Crippen molar-refractivity contribution in [3.8, 4) is 11.1 Å². The standard InChI is InChI=1S/C19H26N4/c1-13-3-4-14(17(7-13)16-8-21-22(2)9-16)10-23-11-15-5-6-19(20)18(15)12-23/h3-4,7-9,15,18-19H,5-6,10-12,20H2,1-2H3. The highest BCUT2D eigenvalue weighted by atomic mass is 15.2. The summed E-state index contributed by atoms with van der Waals surface area (Å²) in [7, 11) is 1.97. The van der Waals surface area contributed by atoms with Crippen LogP contribution < -0.4 is 5.73 Å². The second kappa shape index (κ2) is 5.77. The predicted octanol–water partition coefficient (Wildman–Crippen LogP) is 2.56. The number of nitrogens with two attached hydrogens (primary N) is 1. The van der Waals surface area contributed by atoms with Crippen LogP contribution in [0.2, 0.25) is 0 Å². The molecule has 23 heavy (non-hydrogen) atoms. The van der Waals surface area contributed by atoms with Crippen molar-refractivity contribution in [3.63, 3.8) is 0 Å². The Morgan fingerprint density at radius 2 is 2.13 bits per heavy atom. The summed E-state index contributed by atoms with van der Waals surface area (Å²) in [6.45, 7) is 5.54. The summed E-state index contributed by atoms with van der Waals surface area (Å²) < 4.78 is 1.88.